The van der Waals surface area contributed by atoms with Gasteiger partial charge in [-0.3, -0.25) is 0 Å². The van der Waals surface area contributed by atoms with Gasteiger partial charge in [0.2, 0.25) is 5.88 Å². The van der Waals surface area contributed by atoms with Crippen molar-refractivity contribution in [1.29, 1.82) is 5.26 Å². The minimum atomic E-state index is -0.401. The molecule has 0 aliphatic carbocycles. The normalized spacial score (nSPS) is 16.7. The van der Waals surface area contributed by atoms with Crippen molar-refractivity contribution in [1.82, 2.24) is 4.98 Å². The monoisotopic (exact) mass is 296 g/mol. The third-order valence-corrected chi connectivity index (χ3v) is 3.51. The van der Waals surface area contributed by atoms with E-state index >= 15 is 0 Å². The maximum absolute atomic E-state index is 9.52. The fourth-order valence-electron chi connectivity index (χ4n) is 2.64. The second-order valence-corrected chi connectivity index (χ2v) is 4.92. The zero-order chi connectivity index (χ0) is 15.7. The Morgan fingerprint density at radius 2 is 2.23 bits per heavy atom. The molecule has 1 aliphatic rings. The highest BCUT2D eigenvalue weighted by molar-refractivity contribution is 5.62. The number of fused-ring (bicyclic) bond motifs is 1. The Labute approximate surface area is 128 Å². The van der Waals surface area contributed by atoms with Gasteiger partial charge in [0.15, 0.2) is 5.89 Å². The maximum atomic E-state index is 9.52. The lowest BCUT2D eigenvalue weighted by Crippen LogP contribution is -2.23. The van der Waals surface area contributed by atoms with E-state index in [0.717, 1.165) is 5.56 Å². The average molecular weight is 296 g/mol. The van der Waals surface area contributed by atoms with E-state index in [-0.39, 0.29) is 5.82 Å². The molecule has 6 heteroatoms. The van der Waals surface area contributed by atoms with E-state index in [0.29, 0.717) is 35.4 Å². The van der Waals surface area contributed by atoms with Gasteiger partial charge < -0.3 is 20.2 Å². The molecule has 6 nitrogen and oxygen atoms in total. The predicted octanol–water partition coefficient (Wildman–Crippen LogP) is 2.63. The van der Waals surface area contributed by atoms with Gasteiger partial charge in [-0.1, -0.05) is 18.2 Å². The highest BCUT2D eigenvalue weighted by Gasteiger charge is 2.34. The average Bonchev–Trinajstić information content (AvgIpc) is 2.86. The van der Waals surface area contributed by atoms with Crippen LogP contribution in [0.4, 0.5) is 5.88 Å². The molecule has 3 N–H and O–H groups in total. The van der Waals surface area contributed by atoms with Crippen LogP contribution in [-0.4, -0.2) is 11.6 Å². The number of nitrogens with one attached hydrogen (secondary N) is 1. The molecule has 0 fully saturated rings. The molecule has 0 unspecified atom stereocenters. The minimum absolute atomic E-state index is 0.280. The number of para-hydroxylation sites is 1. The van der Waals surface area contributed by atoms with Crippen molar-refractivity contribution in [3.8, 4) is 11.8 Å². The Balaban J connectivity index is 2.21. The molecule has 1 aliphatic heterocycles. The van der Waals surface area contributed by atoms with Gasteiger partial charge in [-0.05, 0) is 13.0 Å². The van der Waals surface area contributed by atoms with Crippen molar-refractivity contribution in [2.45, 2.75) is 19.8 Å². The molecule has 3 rings (SSSR count). The van der Waals surface area contributed by atoms with E-state index in [1.165, 1.54) is 0 Å². The molecule has 22 heavy (non-hydrogen) atoms. The van der Waals surface area contributed by atoms with Crippen molar-refractivity contribution in [2.75, 3.05) is 11.9 Å². The summed E-state index contributed by atoms with van der Waals surface area (Å²) in [5, 5.41) is 12.4. The van der Waals surface area contributed by atoms with E-state index < -0.39 is 5.92 Å². The fourth-order valence-corrected chi connectivity index (χ4v) is 2.64. The Bertz CT molecular complexity index is 786. The molecule has 2 aromatic rings. The number of oxazole rings is 1. The van der Waals surface area contributed by atoms with Crippen molar-refractivity contribution in [3.05, 3.63) is 52.8 Å². The highest BCUT2D eigenvalue weighted by Crippen LogP contribution is 2.43. The quantitative estimate of drug-likeness (QED) is 0.903. The molecule has 1 aromatic heterocycles. The van der Waals surface area contributed by atoms with E-state index in [1.54, 1.807) is 6.92 Å². The number of benzene rings is 1. The second kappa shape index (κ2) is 5.45. The highest BCUT2D eigenvalue weighted by atomic mass is 16.5. The van der Waals surface area contributed by atoms with Crippen molar-refractivity contribution in [3.63, 3.8) is 0 Å². The Morgan fingerprint density at radius 3 is 2.95 bits per heavy atom. The summed E-state index contributed by atoms with van der Waals surface area (Å²) < 4.78 is 11.2. The molecule has 0 amide bonds. The number of hydrogen-bond acceptors (Lipinski definition) is 6. The molecule has 0 spiro atoms. The van der Waals surface area contributed by atoms with Crippen LogP contribution in [0, 0.1) is 18.3 Å². The fraction of sp³-hybridized carbons (Fsp3) is 0.250. The van der Waals surface area contributed by atoms with E-state index in [1.807, 2.05) is 31.2 Å². The number of nitriles is 1. The first kappa shape index (κ1) is 14.0. The van der Waals surface area contributed by atoms with Gasteiger partial charge in [-0.25, -0.2) is 4.98 Å². The molecule has 0 bridgehead atoms. The third-order valence-electron chi connectivity index (χ3n) is 3.51. The lowest BCUT2D eigenvalue weighted by Gasteiger charge is -2.24. The van der Waals surface area contributed by atoms with E-state index in [9.17, 15) is 5.26 Å². The zero-order valence-corrected chi connectivity index (χ0v) is 12.4. The van der Waals surface area contributed by atoms with E-state index in [2.05, 4.69) is 16.4 Å². The Kier molecular flexibility index (Phi) is 3.47. The van der Waals surface area contributed by atoms with Gasteiger partial charge in [-0.2, -0.15) is 5.26 Å². The summed E-state index contributed by atoms with van der Waals surface area (Å²) in [6.07, 6.45) is 0. The van der Waals surface area contributed by atoms with Crippen LogP contribution in [0.25, 0.3) is 0 Å². The van der Waals surface area contributed by atoms with Crippen LogP contribution in [0.2, 0.25) is 0 Å². The lowest BCUT2D eigenvalue weighted by atomic mass is 9.86. The molecule has 0 saturated carbocycles. The smallest absolute Gasteiger partial charge is 0.223 e. The number of allylic oxidation sites excluding steroid dienone is 1. The summed E-state index contributed by atoms with van der Waals surface area (Å²) in [7, 11) is 0. The first-order valence-corrected chi connectivity index (χ1v) is 7.01. The van der Waals surface area contributed by atoms with Crippen molar-refractivity contribution in [2.24, 2.45) is 5.73 Å². The number of nitrogens with zero attached hydrogens (tertiary/aromatic N) is 2. The summed E-state index contributed by atoms with van der Waals surface area (Å²) in [6, 6.07) is 9.76. The zero-order valence-electron chi connectivity index (χ0n) is 12.4. The summed E-state index contributed by atoms with van der Waals surface area (Å²) in [5.74, 6) is 1.58. The van der Waals surface area contributed by atoms with Gasteiger partial charge in [0.05, 0.1) is 24.2 Å². The molecule has 1 aromatic carbocycles. The first-order chi connectivity index (χ1) is 10.7. The maximum Gasteiger partial charge on any atom is 0.223 e. The van der Waals surface area contributed by atoms with Crippen LogP contribution < -0.4 is 15.8 Å². The van der Waals surface area contributed by atoms with Gasteiger partial charge in [0, 0.05) is 12.5 Å². The molecule has 112 valence electrons. The molecule has 0 saturated heterocycles. The number of rotatable bonds is 3. The Morgan fingerprint density at radius 1 is 1.45 bits per heavy atom. The summed E-state index contributed by atoms with van der Waals surface area (Å²) in [4.78, 5) is 4.42. The second-order valence-electron chi connectivity index (χ2n) is 4.92. The van der Waals surface area contributed by atoms with Gasteiger partial charge in [0.1, 0.15) is 17.3 Å². The molecular weight excluding hydrogens is 280 g/mol. The van der Waals surface area contributed by atoms with Crippen molar-refractivity contribution < 1.29 is 9.15 Å². The summed E-state index contributed by atoms with van der Waals surface area (Å²) >= 11 is 0. The summed E-state index contributed by atoms with van der Waals surface area (Å²) in [5.41, 5.74) is 7.89. The minimum Gasteiger partial charge on any atom is -0.494 e. The van der Waals surface area contributed by atoms with Crippen LogP contribution in [0.1, 0.15) is 30.0 Å². The summed E-state index contributed by atoms with van der Waals surface area (Å²) in [6.45, 7) is 4.21. The number of ether oxygens (including phenoxy) is 1. The Hall–Kier alpha value is -2.94. The largest absolute Gasteiger partial charge is 0.494 e. The number of anilines is 1. The van der Waals surface area contributed by atoms with Gasteiger partial charge in [0.25, 0.3) is 0 Å². The van der Waals surface area contributed by atoms with E-state index in [4.69, 9.17) is 14.9 Å². The van der Waals surface area contributed by atoms with Gasteiger partial charge in [-0.15, -0.1) is 0 Å². The first-order valence-electron chi connectivity index (χ1n) is 7.01. The number of nitrogens with two attached hydrogens (primary N) is 1. The molecular formula is C16H16N4O2. The topological polar surface area (TPSA) is 97.1 Å². The van der Waals surface area contributed by atoms with Crippen LogP contribution in [-0.2, 0) is 0 Å². The molecule has 2 heterocycles. The SMILES string of the molecule is CCOc1ccccc1[C@@H]1C(C#N)=C(N)Nc2oc(C)nc21. The third kappa shape index (κ3) is 2.17. The standard InChI is InChI=1S/C16H16N4O2/c1-3-21-12-7-5-4-6-10(12)13-11(8-17)15(18)20-16-14(13)19-9(2)22-16/h4-7,13,20H,3,18H2,1-2H3/t13-/m1/s1. The number of aromatic nitrogens is 1. The lowest BCUT2D eigenvalue weighted by molar-refractivity contribution is 0.336. The van der Waals surface area contributed by atoms with Crippen LogP contribution in [0.5, 0.6) is 5.75 Å². The predicted molar refractivity (Wildman–Crippen MR) is 81.1 cm³/mol. The van der Waals surface area contributed by atoms with Crippen LogP contribution in [0.15, 0.2) is 40.1 Å². The van der Waals surface area contributed by atoms with Crippen molar-refractivity contribution >= 4 is 5.88 Å². The molecule has 1 atom stereocenters. The van der Waals surface area contributed by atoms with Crippen LogP contribution >= 0.6 is 0 Å². The molecule has 0 radical (unpaired) electrons. The number of hydrogen-bond donors (Lipinski definition) is 2. The number of aryl methyl sites for hydroxylation is 1. The van der Waals surface area contributed by atoms with Crippen LogP contribution in [0.3, 0.4) is 0 Å². The van der Waals surface area contributed by atoms with Gasteiger partial charge >= 0.3 is 0 Å².